The van der Waals surface area contributed by atoms with Crippen molar-refractivity contribution in [3.63, 3.8) is 0 Å². The van der Waals surface area contributed by atoms with Gasteiger partial charge in [0, 0.05) is 29.2 Å². The van der Waals surface area contributed by atoms with Crippen LogP contribution in [0.3, 0.4) is 0 Å². The number of nitrogens with zero attached hydrogens (tertiary/aromatic N) is 5. The van der Waals surface area contributed by atoms with E-state index in [1.165, 1.54) is 18.0 Å². The van der Waals surface area contributed by atoms with E-state index in [0.29, 0.717) is 23.7 Å². The number of amides is 1. The number of nitrogen functional groups attached to an aromatic ring is 2. The van der Waals surface area contributed by atoms with Gasteiger partial charge in [0.2, 0.25) is 5.95 Å². The van der Waals surface area contributed by atoms with E-state index in [1.54, 1.807) is 18.2 Å². The van der Waals surface area contributed by atoms with Gasteiger partial charge < -0.3 is 31.9 Å². The van der Waals surface area contributed by atoms with Gasteiger partial charge in [0.25, 0.3) is 5.91 Å². The van der Waals surface area contributed by atoms with Crippen LogP contribution in [0.5, 0.6) is 0 Å². The van der Waals surface area contributed by atoms with Gasteiger partial charge in [-0.2, -0.15) is 9.97 Å². The van der Waals surface area contributed by atoms with E-state index in [9.17, 15) is 19.5 Å². The third kappa shape index (κ3) is 5.71. The number of carbonyl (C=O) groups is 3. The monoisotopic (exact) mass is 514 g/mol. The van der Waals surface area contributed by atoms with Crippen LogP contribution in [0.4, 0.5) is 17.5 Å². The van der Waals surface area contributed by atoms with Gasteiger partial charge in [-0.15, -0.1) is 11.8 Å². The van der Waals surface area contributed by atoms with Crippen molar-refractivity contribution in [3.05, 3.63) is 35.7 Å². The highest BCUT2D eigenvalue weighted by Gasteiger charge is 2.24. The van der Waals surface area contributed by atoms with Gasteiger partial charge >= 0.3 is 11.9 Å². The molecule has 0 bridgehead atoms. The zero-order chi connectivity index (χ0) is 26.7. The number of rotatable bonds is 9. The minimum atomic E-state index is -1.24. The summed E-state index contributed by atoms with van der Waals surface area (Å²) in [5.74, 6) is -2.16. The Morgan fingerprint density at radius 1 is 1.22 bits per heavy atom. The summed E-state index contributed by atoms with van der Waals surface area (Å²) in [6.07, 6.45) is 1.37. The van der Waals surface area contributed by atoms with E-state index in [2.05, 4.69) is 25.3 Å². The van der Waals surface area contributed by atoms with Crippen LogP contribution in [0.25, 0.3) is 11.2 Å². The maximum Gasteiger partial charge on any atom is 0.326 e. The molecule has 0 fully saturated rings. The molecular weight excluding hydrogens is 488 g/mol. The molecule has 188 valence electrons. The van der Waals surface area contributed by atoms with Crippen molar-refractivity contribution in [2.45, 2.75) is 36.7 Å². The first-order valence-corrected chi connectivity index (χ1v) is 11.9. The van der Waals surface area contributed by atoms with Gasteiger partial charge in [0.15, 0.2) is 17.0 Å². The average molecular weight is 515 g/mol. The normalized spacial score (nSPS) is 15.0. The van der Waals surface area contributed by atoms with Crippen LogP contribution in [-0.4, -0.2) is 66.3 Å². The number of fused-ring (bicyclic) bond motifs is 2. The maximum absolute atomic E-state index is 12.8. The fourth-order valence-corrected chi connectivity index (χ4v) is 4.71. The lowest BCUT2D eigenvalue weighted by Crippen LogP contribution is -2.40. The van der Waals surface area contributed by atoms with Crippen molar-refractivity contribution < 1.29 is 26.0 Å². The van der Waals surface area contributed by atoms with Crippen LogP contribution in [-0.2, 0) is 16.1 Å². The summed E-state index contributed by atoms with van der Waals surface area (Å²) in [5.41, 5.74) is 13.3. The highest BCUT2D eigenvalue weighted by molar-refractivity contribution is 7.99. The number of anilines is 3. The van der Waals surface area contributed by atoms with E-state index in [-0.39, 0.29) is 47.8 Å². The number of nitrogens with two attached hydrogens (primary N) is 2. The third-order valence-corrected chi connectivity index (χ3v) is 6.39. The SMILES string of the molecule is [3H]C(c1cnc2nc(N)nc(N)c2n1)N1CCSc2cc(C(=O)NC(CCCC(=O)O)C(=O)O)ccc21. The highest BCUT2D eigenvalue weighted by atomic mass is 32.2. The average Bonchev–Trinajstić information content (AvgIpc) is 2.86. The summed E-state index contributed by atoms with van der Waals surface area (Å²) in [4.78, 5) is 54.1. The molecule has 1 aliphatic heterocycles. The first-order chi connectivity index (χ1) is 17.6. The lowest BCUT2D eigenvalue weighted by molar-refractivity contribution is -0.140. The molecule has 1 aliphatic rings. The summed E-state index contributed by atoms with van der Waals surface area (Å²) in [6.45, 7) is -0.394. The van der Waals surface area contributed by atoms with E-state index in [0.717, 1.165) is 4.90 Å². The number of benzene rings is 1. The van der Waals surface area contributed by atoms with Crippen LogP contribution in [0, 0.1) is 0 Å². The molecular formula is C22H24N8O5S. The summed E-state index contributed by atoms with van der Waals surface area (Å²) >= 11 is 1.51. The number of aromatic nitrogens is 4. The van der Waals surface area contributed by atoms with Crippen molar-refractivity contribution in [1.29, 1.82) is 0 Å². The number of carboxylic acid groups (broad SMARTS) is 2. The topological polar surface area (TPSA) is 211 Å². The zero-order valence-electron chi connectivity index (χ0n) is 19.9. The van der Waals surface area contributed by atoms with E-state index < -0.39 is 30.4 Å². The Morgan fingerprint density at radius 2 is 2.03 bits per heavy atom. The van der Waals surface area contributed by atoms with Gasteiger partial charge in [-0.1, -0.05) is 0 Å². The fraction of sp³-hybridized carbons (Fsp3) is 0.318. The minimum absolute atomic E-state index is 0.00367. The van der Waals surface area contributed by atoms with Crippen molar-refractivity contribution in [3.8, 4) is 0 Å². The summed E-state index contributed by atoms with van der Waals surface area (Å²) < 4.78 is 8.82. The number of carboxylic acids is 2. The maximum atomic E-state index is 12.8. The number of hydrogen-bond acceptors (Lipinski definition) is 11. The second kappa shape index (κ2) is 10.6. The van der Waals surface area contributed by atoms with E-state index in [1.807, 2.05) is 4.90 Å². The summed E-state index contributed by atoms with van der Waals surface area (Å²) in [7, 11) is 0. The number of nitrogens with one attached hydrogen (secondary N) is 1. The molecule has 1 aromatic carbocycles. The fourth-order valence-electron chi connectivity index (χ4n) is 3.65. The number of thioether (sulfide) groups is 1. The van der Waals surface area contributed by atoms with Crippen LogP contribution in [0.2, 0.25) is 0 Å². The van der Waals surface area contributed by atoms with Gasteiger partial charge in [-0.3, -0.25) is 9.59 Å². The smallest absolute Gasteiger partial charge is 0.326 e. The minimum Gasteiger partial charge on any atom is -0.481 e. The zero-order valence-corrected chi connectivity index (χ0v) is 19.7. The Bertz CT molecular complexity index is 1380. The van der Waals surface area contributed by atoms with Crippen LogP contribution in [0.15, 0.2) is 29.3 Å². The number of aliphatic carboxylic acids is 2. The van der Waals surface area contributed by atoms with Crippen LogP contribution in [0.1, 0.15) is 36.7 Å². The Morgan fingerprint density at radius 3 is 2.78 bits per heavy atom. The molecule has 0 aliphatic carbocycles. The predicted octanol–water partition coefficient (Wildman–Crippen LogP) is 1.13. The van der Waals surface area contributed by atoms with E-state index in [4.69, 9.17) is 17.9 Å². The molecule has 36 heavy (non-hydrogen) atoms. The van der Waals surface area contributed by atoms with Crippen molar-refractivity contribution >= 4 is 58.2 Å². The first kappa shape index (κ1) is 23.5. The molecule has 2 unspecified atom stereocenters. The first-order valence-electron chi connectivity index (χ1n) is 11.5. The Labute approximate surface area is 210 Å². The van der Waals surface area contributed by atoms with Crippen molar-refractivity contribution in [2.24, 2.45) is 0 Å². The molecule has 4 rings (SSSR count). The largest absolute Gasteiger partial charge is 0.481 e. The molecule has 3 aromatic rings. The summed E-state index contributed by atoms with van der Waals surface area (Å²) in [5, 5.41) is 20.6. The molecule has 14 heteroatoms. The van der Waals surface area contributed by atoms with Gasteiger partial charge in [-0.25, -0.2) is 14.8 Å². The molecule has 3 heterocycles. The Hall–Kier alpha value is -4.20. The summed E-state index contributed by atoms with van der Waals surface area (Å²) in [6, 6.07) is 3.69. The second-order valence-corrected chi connectivity index (χ2v) is 9.07. The quantitative estimate of drug-likeness (QED) is 0.271. The molecule has 0 saturated carbocycles. The van der Waals surface area contributed by atoms with Gasteiger partial charge in [-0.05, 0) is 31.0 Å². The third-order valence-electron chi connectivity index (χ3n) is 5.37. The molecule has 7 N–H and O–H groups in total. The van der Waals surface area contributed by atoms with Crippen molar-refractivity contribution in [2.75, 3.05) is 28.7 Å². The second-order valence-electron chi connectivity index (χ2n) is 7.94. The lowest BCUT2D eigenvalue weighted by Gasteiger charge is -2.31. The lowest BCUT2D eigenvalue weighted by atomic mass is 10.1. The number of carbonyl (C=O) groups excluding carboxylic acids is 1. The van der Waals surface area contributed by atoms with Crippen LogP contribution >= 0.6 is 11.8 Å². The van der Waals surface area contributed by atoms with Crippen LogP contribution < -0.4 is 21.7 Å². The molecule has 1 amide bonds. The van der Waals surface area contributed by atoms with E-state index >= 15 is 0 Å². The molecule has 2 aromatic heterocycles. The molecule has 0 spiro atoms. The molecule has 13 nitrogen and oxygen atoms in total. The van der Waals surface area contributed by atoms with Crippen molar-refractivity contribution in [1.82, 2.24) is 25.3 Å². The highest BCUT2D eigenvalue weighted by Crippen LogP contribution is 2.36. The van der Waals surface area contributed by atoms with Gasteiger partial charge in [0.1, 0.15) is 6.04 Å². The standard InChI is InChI=1S/C22H24N8O5S/c23-18-17-19(29-22(24)28-18)25-9-12(26-17)10-30-6-7-36-15-8-11(4-5-14(15)30)20(33)27-13(21(34)35)2-1-3-16(31)32/h4-5,8-9,13H,1-3,6-7,10H2,(H,27,33)(H,31,32)(H,34,35)(H4,23,24,25,28,29)/i10T. The predicted molar refractivity (Wildman–Crippen MR) is 133 cm³/mol. The van der Waals surface area contributed by atoms with Gasteiger partial charge in [0.05, 0.1) is 25.5 Å². The molecule has 2 atom stereocenters. The molecule has 0 saturated heterocycles. The Balaban J connectivity index is 1.53. The number of hydrogen-bond donors (Lipinski definition) is 5. The Kier molecular flexibility index (Phi) is 6.93. The molecule has 0 radical (unpaired) electrons.